The van der Waals surface area contributed by atoms with Crippen molar-refractivity contribution in [3.05, 3.63) is 5.82 Å². The predicted molar refractivity (Wildman–Crippen MR) is 45.7 cm³/mol. The van der Waals surface area contributed by atoms with Crippen LogP contribution in [0.4, 0.5) is 0 Å². The molecule has 0 saturated heterocycles. The van der Waals surface area contributed by atoms with Gasteiger partial charge in [0.15, 0.2) is 10.2 Å². The van der Waals surface area contributed by atoms with E-state index in [9.17, 15) is 4.79 Å². The van der Waals surface area contributed by atoms with Crippen LogP contribution in [0.15, 0.2) is 4.34 Å². The number of nitrogens with two attached hydrogens (primary N) is 1. The van der Waals surface area contributed by atoms with Crippen molar-refractivity contribution in [2.45, 2.75) is 10.8 Å². The molecule has 7 heteroatoms. The third-order valence-corrected chi connectivity index (χ3v) is 2.77. The second-order valence-corrected chi connectivity index (χ2v) is 3.65. The summed E-state index contributed by atoms with van der Waals surface area (Å²) in [5.41, 5.74) is 0. The highest BCUT2D eigenvalue weighted by atomic mass is 32.2. The van der Waals surface area contributed by atoms with Crippen LogP contribution in [0.5, 0.6) is 0 Å². The smallest absolute Gasteiger partial charge is 0.332 e. The van der Waals surface area contributed by atoms with Gasteiger partial charge in [0.25, 0.3) is 0 Å². The van der Waals surface area contributed by atoms with Crippen LogP contribution >= 0.6 is 23.3 Å². The van der Waals surface area contributed by atoms with Crippen LogP contribution in [0.3, 0.4) is 0 Å². The average Bonchev–Trinajstić information content (AvgIpc) is 2.52. The molecule has 0 saturated carbocycles. The lowest BCUT2D eigenvalue weighted by Gasteiger charge is -1.91. The number of carbonyl (C=O) groups excluding carboxylic acids is 1. The number of hydrogen-bond donors (Lipinski definition) is 1. The molecule has 0 fully saturated rings. The Morgan fingerprint density at radius 3 is 3.08 bits per heavy atom. The average molecular weight is 205 g/mol. The van der Waals surface area contributed by atoms with E-state index < -0.39 is 5.97 Å². The molecular weight excluding hydrogens is 198 g/mol. The van der Waals surface area contributed by atoms with Crippen LogP contribution in [-0.4, -0.2) is 21.6 Å². The molecule has 0 unspecified atom stereocenters. The number of rotatable bonds is 3. The number of hydrogen-bond acceptors (Lipinski definition) is 7. The fourth-order valence-corrected chi connectivity index (χ4v) is 1.61. The van der Waals surface area contributed by atoms with E-state index in [0.717, 1.165) is 4.34 Å². The molecule has 0 aromatic carbocycles. The first-order chi connectivity index (χ1) is 5.76. The van der Waals surface area contributed by atoms with E-state index in [1.807, 2.05) is 6.26 Å². The van der Waals surface area contributed by atoms with Crippen LogP contribution in [0.1, 0.15) is 5.82 Å². The number of nitrogens with zero attached hydrogens (tertiary/aromatic N) is 2. The fourth-order valence-electron chi connectivity index (χ4n) is 0.563. The van der Waals surface area contributed by atoms with Crippen molar-refractivity contribution in [2.75, 3.05) is 6.26 Å². The second-order valence-electron chi connectivity index (χ2n) is 1.85. The molecule has 0 atom stereocenters. The minimum Gasteiger partial charge on any atom is -0.373 e. The third-order valence-electron chi connectivity index (χ3n) is 1.06. The van der Waals surface area contributed by atoms with Gasteiger partial charge in [0.2, 0.25) is 0 Å². The third kappa shape index (κ3) is 2.43. The summed E-state index contributed by atoms with van der Waals surface area (Å²) in [6.45, 7) is 0. The molecule has 1 aromatic heterocycles. The van der Waals surface area contributed by atoms with Crippen molar-refractivity contribution in [3.8, 4) is 0 Å². The summed E-state index contributed by atoms with van der Waals surface area (Å²) in [5.74, 6) is 4.58. The summed E-state index contributed by atoms with van der Waals surface area (Å²) in [4.78, 5) is 18.7. The van der Waals surface area contributed by atoms with E-state index in [1.165, 1.54) is 23.3 Å². The molecule has 0 spiro atoms. The van der Waals surface area contributed by atoms with E-state index in [-0.39, 0.29) is 6.42 Å². The normalized spacial score (nSPS) is 9.83. The molecule has 1 aromatic rings. The van der Waals surface area contributed by atoms with Crippen LogP contribution in [0.25, 0.3) is 0 Å². The van der Waals surface area contributed by atoms with Crippen molar-refractivity contribution in [3.63, 3.8) is 0 Å². The Morgan fingerprint density at radius 1 is 1.83 bits per heavy atom. The molecule has 1 rings (SSSR count). The Balaban J connectivity index is 2.58. The van der Waals surface area contributed by atoms with E-state index in [0.29, 0.717) is 5.82 Å². The molecule has 1 heterocycles. The first-order valence-electron chi connectivity index (χ1n) is 3.02. The summed E-state index contributed by atoms with van der Waals surface area (Å²) in [6, 6.07) is 0. The standard InChI is InChI=1S/C5H7N3O2S2/c1-11-5-7-3(8-12-5)2-4(9)10-6/h2,6H2,1H3. The molecule has 0 aliphatic carbocycles. The summed E-state index contributed by atoms with van der Waals surface area (Å²) in [6.07, 6.45) is 1.93. The molecule has 0 aliphatic heterocycles. The zero-order valence-corrected chi connectivity index (χ0v) is 7.94. The Labute approximate surface area is 77.4 Å². The number of aromatic nitrogens is 2. The summed E-state index contributed by atoms with van der Waals surface area (Å²) < 4.78 is 4.76. The maximum Gasteiger partial charge on any atom is 0.332 e. The zero-order chi connectivity index (χ0) is 8.97. The van der Waals surface area contributed by atoms with E-state index in [1.54, 1.807) is 0 Å². The van der Waals surface area contributed by atoms with Crippen molar-refractivity contribution in [1.29, 1.82) is 0 Å². The molecule has 0 aliphatic rings. The molecule has 12 heavy (non-hydrogen) atoms. The van der Waals surface area contributed by atoms with Gasteiger partial charge in [0.05, 0.1) is 0 Å². The minimum atomic E-state index is -0.527. The van der Waals surface area contributed by atoms with Gasteiger partial charge in [0.1, 0.15) is 6.42 Å². The van der Waals surface area contributed by atoms with Gasteiger partial charge in [-0.15, -0.1) is 0 Å². The van der Waals surface area contributed by atoms with Crippen LogP contribution in [0, 0.1) is 0 Å². The maximum atomic E-state index is 10.6. The van der Waals surface area contributed by atoms with Gasteiger partial charge in [-0.3, -0.25) is 0 Å². The zero-order valence-electron chi connectivity index (χ0n) is 6.31. The Hall–Kier alpha value is -0.660. The monoisotopic (exact) mass is 205 g/mol. The minimum absolute atomic E-state index is 0.0353. The lowest BCUT2D eigenvalue weighted by molar-refractivity contribution is -0.143. The van der Waals surface area contributed by atoms with Crippen molar-refractivity contribution in [2.24, 2.45) is 5.90 Å². The van der Waals surface area contributed by atoms with Gasteiger partial charge < -0.3 is 4.84 Å². The fraction of sp³-hybridized carbons (Fsp3) is 0.400. The molecule has 5 nitrogen and oxygen atoms in total. The SMILES string of the molecule is CSc1nc(CC(=O)ON)ns1. The van der Waals surface area contributed by atoms with Crippen LogP contribution in [-0.2, 0) is 16.1 Å². The highest BCUT2D eigenvalue weighted by Crippen LogP contribution is 2.16. The van der Waals surface area contributed by atoms with Gasteiger partial charge in [-0.1, -0.05) is 11.8 Å². The summed E-state index contributed by atoms with van der Waals surface area (Å²) >= 11 is 2.74. The van der Waals surface area contributed by atoms with Crippen LogP contribution in [0.2, 0.25) is 0 Å². The van der Waals surface area contributed by atoms with Gasteiger partial charge in [0, 0.05) is 0 Å². The van der Waals surface area contributed by atoms with Crippen LogP contribution < -0.4 is 5.90 Å². The Kier molecular flexibility index (Phi) is 3.45. The summed E-state index contributed by atoms with van der Waals surface area (Å²) in [7, 11) is 0. The molecule has 0 amide bonds. The topological polar surface area (TPSA) is 78.1 Å². The quantitative estimate of drug-likeness (QED) is 0.561. The van der Waals surface area contributed by atoms with E-state index >= 15 is 0 Å². The largest absolute Gasteiger partial charge is 0.373 e. The molecule has 2 N–H and O–H groups in total. The molecule has 0 bridgehead atoms. The first-order valence-corrected chi connectivity index (χ1v) is 5.02. The Morgan fingerprint density at radius 2 is 2.58 bits per heavy atom. The molecular formula is C5H7N3O2S2. The molecule has 66 valence electrons. The van der Waals surface area contributed by atoms with E-state index in [4.69, 9.17) is 0 Å². The first kappa shape index (κ1) is 9.43. The van der Waals surface area contributed by atoms with Gasteiger partial charge in [-0.2, -0.15) is 10.3 Å². The lowest BCUT2D eigenvalue weighted by Crippen LogP contribution is -2.13. The van der Waals surface area contributed by atoms with E-state index in [2.05, 4.69) is 20.1 Å². The Bertz CT molecular complexity index is 275. The highest BCUT2D eigenvalue weighted by molar-refractivity contribution is 8.00. The molecule has 0 radical (unpaired) electrons. The summed E-state index contributed by atoms with van der Waals surface area (Å²) in [5, 5.41) is 0. The predicted octanol–water partition coefficient (Wildman–Crippen LogP) is 0.219. The van der Waals surface area contributed by atoms with Crippen molar-refractivity contribution >= 4 is 29.3 Å². The number of carbonyl (C=O) groups is 1. The van der Waals surface area contributed by atoms with Gasteiger partial charge in [-0.25, -0.2) is 9.78 Å². The maximum absolute atomic E-state index is 10.6. The van der Waals surface area contributed by atoms with Gasteiger partial charge in [-0.05, 0) is 17.8 Å². The van der Waals surface area contributed by atoms with Crippen molar-refractivity contribution < 1.29 is 9.63 Å². The van der Waals surface area contributed by atoms with Crippen molar-refractivity contribution in [1.82, 2.24) is 9.36 Å². The second kappa shape index (κ2) is 4.39. The highest BCUT2D eigenvalue weighted by Gasteiger charge is 2.08. The lowest BCUT2D eigenvalue weighted by atomic mass is 10.4. The number of thioether (sulfide) groups is 1. The van der Waals surface area contributed by atoms with Gasteiger partial charge >= 0.3 is 5.97 Å².